The minimum atomic E-state index is -0.0274. The summed E-state index contributed by atoms with van der Waals surface area (Å²) >= 11 is 7.55. The van der Waals surface area contributed by atoms with Crippen LogP contribution in [-0.4, -0.2) is 41.4 Å². The molecule has 7 heteroatoms. The van der Waals surface area contributed by atoms with Crippen molar-refractivity contribution in [3.05, 3.63) is 93.8 Å². The number of anilines is 1. The van der Waals surface area contributed by atoms with Crippen LogP contribution >= 0.6 is 23.1 Å². The van der Waals surface area contributed by atoms with Gasteiger partial charge in [0.15, 0.2) is 0 Å². The third-order valence-corrected chi connectivity index (χ3v) is 7.72. The molecule has 1 amide bonds. The molecule has 1 aliphatic rings. The number of hydrogen-bond donors (Lipinski definition) is 2. The highest BCUT2D eigenvalue weighted by atomic mass is 35.5. The van der Waals surface area contributed by atoms with Crippen molar-refractivity contribution in [2.45, 2.75) is 25.3 Å². The van der Waals surface area contributed by atoms with E-state index in [4.69, 9.17) is 11.6 Å². The van der Waals surface area contributed by atoms with Crippen molar-refractivity contribution >= 4 is 45.6 Å². The van der Waals surface area contributed by atoms with E-state index in [1.54, 1.807) is 23.7 Å². The number of nitrogens with zero attached hydrogens (tertiary/aromatic N) is 2. The van der Waals surface area contributed by atoms with E-state index in [-0.39, 0.29) is 5.91 Å². The topological polar surface area (TPSA) is 57.3 Å². The molecule has 1 unspecified atom stereocenters. The Bertz CT molecular complexity index is 1270. The lowest BCUT2D eigenvalue weighted by molar-refractivity contribution is -0.115. The molecule has 5 rings (SSSR count). The van der Waals surface area contributed by atoms with Gasteiger partial charge in [-0.15, -0.1) is 0 Å². The lowest BCUT2D eigenvalue weighted by Gasteiger charge is -2.35. The summed E-state index contributed by atoms with van der Waals surface area (Å²) in [6.07, 6.45) is 2.44. The molecule has 1 fully saturated rings. The Hall–Kier alpha value is -2.77. The smallest absolute Gasteiger partial charge is 0.228 e. The molecule has 0 saturated carbocycles. The first-order chi connectivity index (χ1) is 17.2. The number of carbonyl (C=O) groups excluding carboxylic acids is 1. The lowest BCUT2D eigenvalue weighted by atomic mass is 10.1. The maximum absolute atomic E-state index is 12.4. The SMILES string of the molecule is O=C(Cc1ccc(Cl)cc1)Nc1ccc(CCCN2CCNCC2c2snc3ccccc23)cc1. The third kappa shape index (κ3) is 6.08. The highest BCUT2D eigenvalue weighted by Crippen LogP contribution is 2.32. The molecule has 1 atom stereocenters. The van der Waals surface area contributed by atoms with Gasteiger partial charge in [0.25, 0.3) is 0 Å². The van der Waals surface area contributed by atoms with Crippen molar-refractivity contribution in [1.82, 2.24) is 14.6 Å². The Morgan fingerprint density at radius 2 is 1.83 bits per heavy atom. The molecule has 4 aromatic rings. The summed E-state index contributed by atoms with van der Waals surface area (Å²) < 4.78 is 4.66. The van der Waals surface area contributed by atoms with Crippen molar-refractivity contribution < 1.29 is 4.79 Å². The molecule has 1 aromatic heterocycles. The van der Waals surface area contributed by atoms with Crippen LogP contribution in [0.5, 0.6) is 0 Å². The van der Waals surface area contributed by atoms with Gasteiger partial charge in [0, 0.05) is 35.7 Å². The fourth-order valence-electron chi connectivity index (χ4n) is 4.66. The number of rotatable bonds is 8. The van der Waals surface area contributed by atoms with Crippen molar-refractivity contribution in [2.24, 2.45) is 0 Å². The first-order valence-electron chi connectivity index (χ1n) is 12.1. The molecule has 5 nitrogen and oxygen atoms in total. The van der Waals surface area contributed by atoms with E-state index in [1.807, 2.05) is 24.3 Å². The van der Waals surface area contributed by atoms with E-state index in [2.05, 4.69) is 56.3 Å². The summed E-state index contributed by atoms with van der Waals surface area (Å²) in [6, 6.07) is 24.4. The Labute approximate surface area is 215 Å². The summed E-state index contributed by atoms with van der Waals surface area (Å²) in [7, 11) is 0. The summed E-state index contributed by atoms with van der Waals surface area (Å²) in [4.78, 5) is 16.3. The van der Waals surface area contributed by atoms with E-state index in [1.165, 1.54) is 15.8 Å². The van der Waals surface area contributed by atoms with E-state index in [0.29, 0.717) is 17.5 Å². The van der Waals surface area contributed by atoms with E-state index in [0.717, 1.165) is 55.8 Å². The number of benzene rings is 3. The zero-order valence-corrected chi connectivity index (χ0v) is 21.1. The molecule has 0 aliphatic carbocycles. The monoisotopic (exact) mass is 504 g/mol. The average Bonchev–Trinajstić information content (AvgIpc) is 3.31. The van der Waals surface area contributed by atoms with Gasteiger partial charge in [-0.05, 0) is 72.4 Å². The van der Waals surface area contributed by atoms with E-state index in [9.17, 15) is 4.79 Å². The van der Waals surface area contributed by atoms with Crippen LogP contribution in [0.1, 0.15) is 28.5 Å². The lowest BCUT2D eigenvalue weighted by Crippen LogP contribution is -2.46. The molecule has 3 aromatic carbocycles. The fraction of sp³-hybridized carbons (Fsp3) is 0.286. The normalized spacial score (nSPS) is 16.4. The first kappa shape index (κ1) is 23.9. The molecule has 0 radical (unpaired) electrons. The van der Waals surface area contributed by atoms with Crippen LogP contribution in [0.15, 0.2) is 72.8 Å². The second kappa shape index (κ2) is 11.3. The molecule has 1 aliphatic heterocycles. The number of halogens is 1. The van der Waals surface area contributed by atoms with Crippen molar-refractivity contribution in [2.75, 3.05) is 31.5 Å². The standard InChI is InChI=1S/C28H29ClN4OS/c29-22-11-7-21(8-12-22)18-27(34)31-23-13-9-20(10-14-23)4-3-16-33-17-15-30-19-26(33)28-24-5-1-2-6-25(24)32-35-28/h1-2,5-14,26,30H,3-4,15-19H2,(H,31,34). The predicted molar refractivity (Wildman–Crippen MR) is 145 cm³/mol. The van der Waals surface area contributed by atoms with Gasteiger partial charge < -0.3 is 10.6 Å². The van der Waals surface area contributed by atoms with Gasteiger partial charge in [0.05, 0.1) is 22.9 Å². The largest absolute Gasteiger partial charge is 0.326 e. The number of hydrogen-bond acceptors (Lipinski definition) is 5. The fourth-order valence-corrected chi connectivity index (χ4v) is 5.76. The van der Waals surface area contributed by atoms with Gasteiger partial charge in [-0.1, -0.05) is 54.1 Å². The zero-order valence-electron chi connectivity index (χ0n) is 19.5. The van der Waals surface area contributed by atoms with Gasteiger partial charge >= 0.3 is 0 Å². The van der Waals surface area contributed by atoms with E-state index >= 15 is 0 Å². The van der Waals surface area contributed by atoms with Crippen LogP contribution < -0.4 is 10.6 Å². The molecular weight excluding hydrogens is 476 g/mol. The molecule has 35 heavy (non-hydrogen) atoms. The Morgan fingerprint density at radius 3 is 2.66 bits per heavy atom. The molecule has 180 valence electrons. The molecule has 0 bridgehead atoms. The number of amides is 1. The van der Waals surface area contributed by atoms with Crippen LogP contribution in [-0.2, 0) is 17.6 Å². The van der Waals surface area contributed by atoms with Crippen molar-refractivity contribution in [3.63, 3.8) is 0 Å². The molecular formula is C28H29ClN4OS. The Morgan fingerprint density at radius 1 is 1.06 bits per heavy atom. The number of fused-ring (bicyclic) bond motifs is 1. The molecule has 2 N–H and O–H groups in total. The van der Waals surface area contributed by atoms with Gasteiger partial charge in [-0.2, -0.15) is 4.37 Å². The van der Waals surface area contributed by atoms with Crippen LogP contribution in [0, 0.1) is 0 Å². The number of aromatic nitrogens is 1. The maximum Gasteiger partial charge on any atom is 0.228 e. The first-order valence-corrected chi connectivity index (χ1v) is 13.2. The van der Waals surface area contributed by atoms with E-state index < -0.39 is 0 Å². The van der Waals surface area contributed by atoms with Crippen LogP contribution in [0.4, 0.5) is 5.69 Å². The number of piperazine rings is 1. The molecule has 0 spiro atoms. The summed E-state index contributed by atoms with van der Waals surface area (Å²) in [6.45, 7) is 4.10. The van der Waals surface area contributed by atoms with Gasteiger partial charge in [0.2, 0.25) is 5.91 Å². The molecule has 1 saturated heterocycles. The Balaban J connectivity index is 1.13. The van der Waals surface area contributed by atoms with Crippen LogP contribution in [0.25, 0.3) is 10.9 Å². The third-order valence-electron chi connectivity index (χ3n) is 6.50. The highest BCUT2D eigenvalue weighted by molar-refractivity contribution is 7.07. The summed E-state index contributed by atoms with van der Waals surface area (Å²) in [5.41, 5.74) is 4.15. The van der Waals surface area contributed by atoms with Crippen LogP contribution in [0.2, 0.25) is 5.02 Å². The predicted octanol–water partition coefficient (Wildman–Crippen LogP) is 5.71. The maximum atomic E-state index is 12.4. The van der Waals surface area contributed by atoms with Crippen molar-refractivity contribution in [1.29, 1.82) is 0 Å². The quantitative estimate of drug-likeness (QED) is 0.322. The minimum absolute atomic E-state index is 0.0274. The Kier molecular flexibility index (Phi) is 7.74. The number of aryl methyl sites for hydroxylation is 1. The van der Waals surface area contributed by atoms with Crippen LogP contribution in [0.3, 0.4) is 0 Å². The second-order valence-electron chi connectivity index (χ2n) is 8.97. The van der Waals surface area contributed by atoms with Gasteiger partial charge in [0.1, 0.15) is 0 Å². The summed E-state index contributed by atoms with van der Waals surface area (Å²) in [5, 5.41) is 8.50. The van der Waals surface area contributed by atoms with Gasteiger partial charge in [-0.3, -0.25) is 9.69 Å². The second-order valence-corrected chi connectivity index (χ2v) is 10.2. The van der Waals surface area contributed by atoms with Crippen molar-refractivity contribution in [3.8, 4) is 0 Å². The number of nitrogens with one attached hydrogen (secondary N) is 2. The number of carbonyl (C=O) groups is 1. The summed E-state index contributed by atoms with van der Waals surface area (Å²) in [5.74, 6) is -0.0274. The molecule has 2 heterocycles. The highest BCUT2D eigenvalue weighted by Gasteiger charge is 2.26. The zero-order chi connectivity index (χ0) is 24.0. The van der Waals surface area contributed by atoms with Gasteiger partial charge in [-0.25, -0.2) is 0 Å². The minimum Gasteiger partial charge on any atom is -0.326 e. The average molecular weight is 505 g/mol.